The van der Waals surface area contributed by atoms with Crippen molar-refractivity contribution in [2.24, 2.45) is 0 Å². The van der Waals surface area contributed by atoms with Crippen molar-refractivity contribution >= 4 is 33.0 Å². The van der Waals surface area contributed by atoms with Crippen LogP contribution in [0.15, 0.2) is 58.3 Å². The molecule has 0 aliphatic carbocycles. The Hall–Kier alpha value is -2.75. The smallest absolute Gasteiger partial charge is 0.238 e. The molecule has 9 heteroatoms. The van der Waals surface area contributed by atoms with Crippen LogP contribution in [-0.2, 0) is 19.4 Å². The van der Waals surface area contributed by atoms with Gasteiger partial charge in [-0.1, -0.05) is 259 Å². The summed E-state index contributed by atoms with van der Waals surface area (Å²) >= 11 is 0. The van der Waals surface area contributed by atoms with Crippen LogP contribution >= 0.6 is 0 Å². The van der Waals surface area contributed by atoms with Crippen LogP contribution in [0.5, 0.6) is 0 Å². The maximum Gasteiger partial charge on any atom is 0.238 e. The fraction of sp³-hybridized carbons (Fsp3) is 0.781. The molecule has 0 bridgehead atoms. The Kier molecular flexibility index (Phi) is 42.3. The molecule has 0 aliphatic heterocycles. The van der Waals surface area contributed by atoms with Crippen molar-refractivity contribution in [3.63, 3.8) is 0 Å². The molecule has 0 heterocycles. The molecule has 0 spiro atoms. The van der Waals surface area contributed by atoms with Gasteiger partial charge in [0.2, 0.25) is 21.7 Å². The summed E-state index contributed by atoms with van der Waals surface area (Å²) in [5.41, 5.74) is 1.19. The lowest BCUT2D eigenvalue weighted by molar-refractivity contribution is -0.118. The maximum atomic E-state index is 13.8. The minimum absolute atomic E-state index is 0.0619. The molecule has 2 aromatic rings. The van der Waals surface area contributed by atoms with E-state index >= 15 is 0 Å². The quantitative estimate of drug-likeness (QED) is 0.0641. The third kappa shape index (κ3) is 36.0. The van der Waals surface area contributed by atoms with Gasteiger partial charge >= 0.3 is 0 Å². The average molecular weight is 1040 g/mol. The number of unbranched alkanes of at least 4 members (excludes halogenated alkanes) is 36. The normalized spacial score (nSPS) is 11.8. The molecular weight excluding hydrogens is 921 g/mol. The first kappa shape index (κ1) is 66.4. The Balaban J connectivity index is 1.90. The number of carbonyl (C=O) groups is 2. The van der Waals surface area contributed by atoms with Gasteiger partial charge < -0.3 is 10.6 Å². The number of nitrogens with one attached hydrogen (secondary N) is 2. The van der Waals surface area contributed by atoms with Crippen LogP contribution in [0, 0.1) is 0 Å². The van der Waals surface area contributed by atoms with Gasteiger partial charge in [-0.3, -0.25) is 19.4 Å². The van der Waals surface area contributed by atoms with Gasteiger partial charge in [0, 0.05) is 11.4 Å². The summed E-state index contributed by atoms with van der Waals surface area (Å²) in [6.07, 6.45) is 51.8. The predicted octanol–water partition coefficient (Wildman–Crippen LogP) is 18.7. The van der Waals surface area contributed by atoms with Crippen LogP contribution in [0.25, 0.3) is 0 Å². The molecule has 0 atom stereocenters. The molecule has 0 aliphatic rings. The number of rotatable bonds is 52. The van der Waals surface area contributed by atoms with Gasteiger partial charge in [-0.2, -0.15) is 0 Å². The molecule has 8 nitrogen and oxygen atoms in total. The number of hydrogen-bond donors (Lipinski definition) is 2. The lowest BCUT2D eigenvalue weighted by atomic mass is 10.1. The van der Waals surface area contributed by atoms with Crippen LogP contribution in [0.2, 0.25) is 0 Å². The fourth-order valence-electron chi connectivity index (χ4n) is 10.2. The van der Waals surface area contributed by atoms with Crippen LogP contribution in [0.3, 0.4) is 0 Å². The van der Waals surface area contributed by atoms with Crippen molar-refractivity contribution in [1.29, 1.82) is 0 Å². The molecule has 420 valence electrons. The van der Waals surface area contributed by atoms with Crippen molar-refractivity contribution in [2.75, 3.05) is 49.9 Å². The Morgan fingerprint density at radius 1 is 0.315 bits per heavy atom. The lowest BCUT2D eigenvalue weighted by Gasteiger charge is -2.22. The van der Waals surface area contributed by atoms with E-state index in [4.69, 9.17) is 0 Å². The summed E-state index contributed by atoms with van der Waals surface area (Å²) in [5.74, 6) is -0.124. The zero-order chi connectivity index (χ0) is 52.7. The SMILES string of the molecule is CCCCCCCCCCCCN(CCCCCCCCCCCC)CC(=O)Nc1ccc(S(=O)(=O)c2ccc(NC(=O)CN(CCCCCCCCCCCC)CCCCCCCCCCCC)cc2)cc1. The summed E-state index contributed by atoms with van der Waals surface area (Å²) in [5, 5.41) is 6.09. The average Bonchev–Trinajstić information content (AvgIpc) is 3.38. The molecule has 0 saturated carbocycles. The van der Waals surface area contributed by atoms with E-state index in [0.29, 0.717) is 24.5 Å². The second-order valence-electron chi connectivity index (χ2n) is 21.9. The molecule has 0 unspecified atom stereocenters. The van der Waals surface area contributed by atoms with Gasteiger partial charge in [0.05, 0.1) is 22.9 Å². The van der Waals surface area contributed by atoms with Crippen molar-refractivity contribution in [3.05, 3.63) is 48.5 Å². The third-order valence-electron chi connectivity index (χ3n) is 14.9. The molecule has 0 radical (unpaired) electrons. The van der Waals surface area contributed by atoms with E-state index in [1.54, 1.807) is 48.5 Å². The van der Waals surface area contributed by atoms with Crippen LogP contribution in [-0.4, -0.2) is 69.3 Å². The molecule has 0 fully saturated rings. The summed E-state index contributed by atoms with van der Waals surface area (Å²) in [7, 11) is -3.81. The van der Waals surface area contributed by atoms with E-state index in [2.05, 4.69) is 48.1 Å². The first-order valence-electron chi connectivity index (χ1n) is 31.2. The van der Waals surface area contributed by atoms with Gasteiger partial charge in [-0.15, -0.1) is 0 Å². The Bertz CT molecular complexity index is 1520. The number of sulfone groups is 1. The van der Waals surface area contributed by atoms with E-state index in [0.717, 1.165) is 51.9 Å². The number of carbonyl (C=O) groups excluding carboxylic acids is 2. The molecular formula is C64H114N4O4S. The highest BCUT2D eigenvalue weighted by molar-refractivity contribution is 7.91. The largest absolute Gasteiger partial charge is 0.325 e. The van der Waals surface area contributed by atoms with Crippen molar-refractivity contribution in [1.82, 2.24) is 9.80 Å². The van der Waals surface area contributed by atoms with E-state index in [-0.39, 0.29) is 21.6 Å². The lowest BCUT2D eigenvalue weighted by Crippen LogP contribution is -2.34. The van der Waals surface area contributed by atoms with E-state index < -0.39 is 9.84 Å². The maximum absolute atomic E-state index is 13.8. The number of hydrogen-bond acceptors (Lipinski definition) is 6. The number of nitrogens with zero attached hydrogens (tertiary/aromatic N) is 2. The topological polar surface area (TPSA) is 98.8 Å². The number of anilines is 2. The van der Waals surface area contributed by atoms with Gasteiger partial charge in [-0.25, -0.2) is 8.42 Å². The monoisotopic (exact) mass is 1030 g/mol. The predicted molar refractivity (Wildman–Crippen MR) is 316 cm³/mol. The summed E-state index contributed by atoms with van der Waals surface area (Å²) < 4.78 is 27.5. The molecule has 2 rings (SSSR count). The molecule has 0 aromatic heterocycles. The number of benzene rings is 2. The second kappa shape index (κ2) is 46.5. The first-order chi connectivity index (χ1) is 35.7. The molecule has 73 heavy (non-hydrogen) atoms. The molecule has 0 saturated heterocycles. The summed E-state index contributed by atoms with van der Waals surface area (Å²) in [6, 6.07) is 13.0. The molecule has 2 amide bonds. The Morgan fingerprint density at radius 2 is 0.507 bits per heavy atom. The van der Waals surface area contributed by atoms with Crippen molar-refractivity contribution in [2.45, 2.75) is 294 Å². The van der Waals surface area contributed by atoms with E-state index in [9.17, 15) is 18.0 Å². The van der Waals surface area contributed by atoms with Gasteiger partial charge in [-0.05, 0) is 100 Å². The highest BCUT2D eigenvalue weighted by Crippen LogP contribution is 2.25. The minimum atomic E-state index is -3.81. The zero-order valence-electron chi connectivity index (χ0n) is 48.1. The van der Waals surface area contributed by atoms with E-state index in [1.165, 1.54) is 231 Å². The molecule has 2 aromatic carbocycles. The van der Waals surface area contributed by atoms with Crippen molar-refractivity contribution < 1.29 is 18.0 Å². The van der Waals surface area contributed by atoms with Gasteiger partial charge in [0.1, 0.15) is 0 Å². The number of amides is 2. The zero-order valence-corrected chi connectivity index (χ0v) is 48.9. The minimum Gasteiger partial charge on any atom is -0.325 e. The summed E-state index contributed by atoms with van der Waals surface area (Å²) in [4.78, 5) is 31.8. The first-order valence-corrected chi connectivity index (χ1v) is 32.7. The van der Waals surface area contributed by atoms with Crippen LogP contribution in [0.1, 0.15) is 285 Å². The fourth-order valence-corrected chi connectivity index (χ4v) is 11.5. The van der Waals surface area contributed by atoms with Crippen LogP contribution < -0.4 is 10.6 Å². The van der Waals surface area contributed by atoms with Crippen LogP contribution in [0.4, 0.5) is 11.4 Å². The van der Waals surface area contributed by atoms with Crippen molar-refractivity contribution in [3.8, 4) is 0 Å². The standard InChI is InChI=1S/C64H114N4O4S/c1-5-9-13-17-21-25-29-33-37-41-53-67(54-42-38-34-30-26-22-18-14-10-6-2)57-63(69)65-59-45-49-61(50-46-59)73(71,72)62-51-47-60(48-52-62)66-64(70)58-68(55-43-39-35-31-27-23-19-15-11-7-3)56-44-40-36-32-28-24-20-16-12-8-4/h45-52H,5-44,53-58H2,1-4H3,(H,65,69)(H,66,70). The highest BCUT2D eigenvalue weighted by atomic mass is 32.2. The van der Waals surface area contributed by atoms with Gasteiger partial charge in [0.25, 0.3) is 0 Å². The Morgan fingerprint density at radius 3 is 0.712 bits per heavy atom. The summed E-state index contributed by atoms with van der Waals surface area (Å²) in [6.45, 7) is 13.5. The van der Waals surface area contributed by atoms with Gasteiger partial charge in [0.15, 0.2) is 0 Å². The second-order valence-corrected chi connectivity index (χ2v) is 23.9. The third-order valence-corrected chi connectivity index (χ3v) is 16.7. The van der Waals surface area contributed by atoms with E-state index in [1.807, 2.05) is 0 Å². The Labute approximate surface area is 451 Å². The molecule has 2 N–H and O–H groups in total. The highest BCUT2D eigenvalue weighted by Gasteiger charge is 2.19.